The van der Waals surface area contributed by atoms with Gasteiger partial charge in [0.1, 0.15) is 0 Å². The van der Waals surface area contributed by atoms with E-state index >= 15 is 0 Å². The Morgan fingerprint density at radius 2 is 2.09 bits per heavy atom. The minimum absolute atomic E-state index is 0.139. The number of carbonyl (C=O) groups is 1. The fraction of sp³-hybridized carbons (Fsp3) is 0.667. The molecular formula is C9H16O2. The van der Waals surface area contributed by atoms with Crippen molar-refractivity contribution < 1.29 is 9.53 Å². The highest BCUT2D eigenvalue weighted by Gasteiger charge is 1.96. The fourth-order valence-corrected chi connectivity index (χ4v) is 0.622. The molecule has 0 N–H and O–H groups in total. The molecule has 0 aliphatic rings. The predicted molar refractivity (Wildman–Crippen MR) is 45.3 cm³/mol. The molecule has 0 rings (SSSR count). The van der Waals surface area contributed by atoms with Crippen LogP contribution in [-0.4, -0.2) is 12.6 Å². The molecular weight excluding hydrogens is 140 g/mol. The number of esters is 1. The summed E-state index contributed by atoms with van der Waals surface area (Å²) in [6, 6.07) is 0. The van der Waals surface area contributed by atoms with Gasteiger partial charge in [-0.1, -0.05) is 18.6 Å². The van der Waals surface area contributed by atoms with Crippen molar-refractivity contribution in [2.24, 2.45) is 0 Å². The van der Waals surface area contributed by atoms with E-state index in [4.69, 9.17) is 4.74 Å². The Bertz CT molecular complexity index is 148. The third-order valence-corrected chi connectivity index (χ3v) is 1.48. The van der Waals surface area contributed by atoms with Gasteiger partial charge in [-0.05, 0) is 20.3 Å². The maximum atomic E-state index is 10.8. The summed E-state index contributed by atoms with van der Waals surface area (Å²) in [7, 11) is 0. The van der Waals surface area contributed by atoms with E-state index in [0.29, 0.717) is 13.0 Å². The second kappa shape index (κ2) is 5.96. The normalized spacial score (nSPS) is 11.4. The number of hydrogen-bond donors (Lipinski definition) is 0. The maximum absolute atomic E-state index is 10.8. The first-order valence-corrected chi connectivity index (χ1v) is 4.02. The molecule has 0 atom stereocenters. The molecule has 0 bridgehead atoms. The monoisotopic (exact) mass is 156 g/mol. The molecule has 0 saturated carbocycles. The Labute approximate surface area is 68.2 Å². The van der Waals surface area contributed by atoms with Crippen LogP contribution in [0.3, 0.4) is 0 Å². The minimum Gasteiger partial charge on any atom is -0.466 e. The maximum Gasteiger partial charge on any atom is 0.309 e. The van der Waals surface area contributed by atoms with Gasteiger partial charge in [0.05, 0.1) is 13.0 Å². The summed E-state index contributed by atoms with van der Waals surface area (Å²) in [5, 5.41) is 0. The molecule has 0 aliphatic heterocycles. The summed E-state index contributed by atoms with van der Waals surface area (Å²) in [6.07, 6.45) is 3.32. The van der Waals surface area contributed by atoms with Crippen LogP contribution in [0.15, 0.2) is 11.6 Å². The molecule has 0 radical (unpaired) electrons. The SMILES string of the molecule is CCOC(=O)CC=C(C)CC. The van der Waals surface area contributed by atoms with Crippen molar-refractivity contribution in [3.05, 3.63) is 11.6 Å². The molecule has 0 spiro atoms. The highest BCUT2D eigenvalue weighted by atomic mass is 16.5. The smallest absolute Gasteiger partial charge is 0.309 e. The minimum atomic E-state index is -0.139. The molecule has 0 aromatic carbocycles. The Morgan fingerprint density at radius 3 is 2.55 bits per heavy atom. The number of hydrogen-bond acceptors (Lipinski definition) is 2. The fourth-order valence-electron chi connectivity index (χ4n) is 0.622. The van der Waals surface area contributed by atoms with Crippen LogP contribution in [0.2, 0.25) is 0 Å². The number of carbonyl (C=O) groups excluding carboxylic acids is 1. The van der Waals surface area contributed by atoms with E-state index in [1.807, 2.05) is 19.9 Å². The molecule has 2 nitrogen and oxygen atoms in total. The van der Waals surface area contributed by atoms with Gasteiger partial charge >= 0.3 is 5.97 Å². The highest BCUT2D eigenvalue weighted by Crippen LogP contribution is 2.00. The number of allylic oxidation sites excluding steroid dienone is 1. The van der Waals surface area contributed by atoms with Gasteiger partial charge in [-0.15, -0.1) is 0 Å². The van der Waals surface area contributed by atoms with Crippen molar-refractivity contribution >= 4 is 5.97 Å². The zero-order chi connectivity index (χ0) is 8.69. The van der Waals surface area contributed by atoms with Crippen LogP contribution in [-0.2, 0) is 9.53 Å². The van der Waals surface area contributed by atoms with Gasteiger partial charge in [-0.3, -0.25) is 4.79 Å². The van der Waals surface area contributed by atoms with Crippen molar-refractivity contribution in [2.75, 3.05) is 6.61 Å². The van der Waals surface area contributed by atoms with E-state index in [9.17, 15) is 4.79 Å². The molecule has 0 aliphatic carbocycles. The first-order valence-electron chi connectivity index (χ1n) is 4.02. The van der Waals surface area contributed by atoms with E-state index in [1.54, 1.807) is 0 Å². The quantitative estimate of drug-likeness (QED) is 0.461. The second-order valence-corrected chi connectivity index (χ2v) is 2.41. The molecule has 0 unspecified atom stereocenters. The first-order chi connectivity index (χ1) is 5.20. The molecule has 11 heavy (non-hydrogen) atoms. The van der Waals surface area contributed by atoms with Crippen molar-refractivity contribution in [1.82, 2.24) is 0 Å². The summed E-state index contributed by atoms with van der Waals surface area (Å²) in [5.74, 6) is -0.139. The lowest BCUT2D eigenvalue weighted by atomic mass is 10.2. The Balaban J connectivity index is 3.60. The van der Waals surface area contributed by atoms with Crippen LogP contribution in [0.5, 0.6) is 0 Å². The lowest BCUT2D eigenvalue weighted by molar-refractivity contribution is -0.142. The van der Waals surface area contributed by atoms with Gasteiger partial charge in [0.25, 0.3) is 0 Å². The van der Waals surface area contributed by atoms with Crippen LogP contribution < -0.4 is 0 Å². The molecule has 0 fully saturated rings. The van der Waals surface area contributed by atoms with Crippen LogP contribution >= 0.6 is 0 Å². The van der Waals surface area contributed by atoms with Gasteiger partial charge in [-0.2, -0.15) is 0 Å². The summed E-state index contributed by atoms with van der Waals surface area (Å²) >= 11 is 0. The average Bonchev–Trinajstić information content (AvgIpc) is 2.01. The molecule has 0 aromatic rings. The third kappa shape index (κ3) is 5.64. The van der Waals surface area contributed by atoms with Crippen molar-refractivity contribution in [1.29, 1.82) is 0 Å². The van der Waals surface area contributed by atoms with Gasteiger partial charge in [0, 0.05) is 0 Å². The topological polar surface area (TPSA) is 26.3 Å². The summed E-state index contributed by atoms with van der Waals surface area (Å²) < 4.78 is 4.75. The zero-order valence-electron chi connectivity index (χ0n) is 7.52. The van der Waals surface area contributed by atoms with Gasteiger partial charge < -0.3 is 4.74 Å². The van der Waals surface area contributed by atoms with Crippen LogP contribution in [0.4, 0.5) is 0 Å². The van der Waals surface area contributed by atoms with Crippen molar-refractivity contribution in [2.45, 2.75) is 33.6 Å². The lowest BCUT2D eigenvalue weighted by Crippen LogP contribution is -2.01. The van der Waals surface area contributed by atoms with E-state index in [0.717, 1.165) is 6.42 Å². The van der Waals surface area contributed by atoms with E-state index in [-0.39, 0.29) is 5.97 Å². The Morgan fingerprint density at radius 1 is 1.45 bits per heavy atom. The number of rotatable bonds is 4. The molecule has 0 amide bonds. The van der Waals surface area contributed by atoms with Crippen molar-refractivity contribution in [3.63, 3.8) is 0 Å². The van der Waals surface area contributed by atoms with E-state index in [1.165, 1.54) is 5.57 Å². The zero-order valence-corrected chi connectivity index (χ0v) is 7.52. The summed E-state index contributed by atoms with van der Waals surface area (Å²) in [4.78, 5) is 10.8. The van der Waals surface area contributed by atoms with Crippen LogP contribution in [0, 0.1) is 0 Å². The summed E-state index contributed by atoms with van der Waals surface area (Å²) in [5.41, 5.74) is 1.23. The second-order valence-electron chi connectivity index (χ2n) is 2.41. The van der Waals surface area contributed by atoms with Crippen LogP contribution in [0.25, 0.3) is 0 Å². The number of ether oxygens (including phenoxy) is 1. The third-order valence-electron chi connectivity index (χ3n) is 1.48. The average molecular weight is 156 g/mol. The molecule has 2 heteroatoms. The molecule has 64 valence electrons. The molecule has 0 heterocycles. The van der Waals surface area contributed by atoms with Crippen LogP contribution in [0.1, 0.15) is 33.6 Å². The lowest BCUT2D eigenvalue weighted by Gasteiger charge is -1.98. The van der Waals surface area contributed by atoms with Gasteiger partial charge in [0.2, 0.25) is 0 Å². The Hall–Kier alpha value is -0.790. The highest BCUT2D eigenvalue weighted by molar-refractivity contribution is 5.71. The summed E-state index contributed by atoms with van der Waals surface area (Å²) in [6.45, 7) is 6.36. The first kappa shape index (κ1) is 10.2. The van der Waals surface area contributed by atoms with Gasteiger partial charge in [0.15, 0.2) is 0 Å². The van der Waals surface area contributed by atoms with Crippen molar-refractivity contribution in [3.8, 4) is 0 Å². The largest absolute Gasteiger partial charge is 0.466 e. The molecule has 0 saturated heterocycles. The van der Waals surface area contributed by atoms with Gasteiger partial charge in [-0.25, -0.2) is 0 Å². The molecule has 0 aromatic heterocycles. The Kier molecular flexibility index (Phi) is 5.53. The van der Waals surface area contributed by atoms with E-state index in [2.05, 4.69) is 6.92 Å². The predicted octanol–water partition coefficient (Wildman–Crippen LogP) is 2.30. The standard InChI is InChI=1S/C9H16O2/c1-4-8(3)6-7-9(10)11-5-2/h6H,4-5,7H2,1-3H3. The van der Waals surface area contributed by atoms with E-state index < -0.39 is 0 Å².